The summed E-state index contributed by atoms with van der Waals surface area (Å²) >= 11 is 2.04. The minimum Gasteiger partial charge on any atom is -0.324 e. The van der Waals surface area contributed by atoms with E-state index in [1.54, 1.807) is 0 Å². The van der Waals surface area contributed by atoms with E-state index in [4.69, 9.17) is 0 Å². The lowest BCUT2D eigenvalue weighted by Crippen LogP contribution is -2.45. The van der Waals surface area contributed by atoms with E-state index in [-0.39, 0.29) is 16.5 Å². The molecule has 2 aliphatic heterocycles. The molecule has 3 rings (SSSR count). The molecular formula is C14H24N2OS. The van der Waals surface area contributed by atoms with Gasteiger partial charge >= 0.3 is 0 Å². The van der Waals surface area contributed by atoms with Crippen molar-refractivity contribution in [3.8, 4) is 0 Å². The summed E-state index contributed by atoms with van der Waals surface area (Å²) in [5, 5.41) is 3.59. The van der Waals surface area contributed by atoms with E-state index in [1.165, 1.54) is 31.4 Å². The molecule has 18 heavy (non-hydrogen) atoms. The van der Waals surface area contributed by atoms with Crippen LogP contribution in [-0.2, 0) is 4.79 Å². The number of hydrogen-bond donors (Lipinski definition) is 1. The van der Waals surface area contributed by atoms with Gasteiger partial charge in [0.25, 0.3) is 0 Å². The lowest BCUT2D eigenvalue weighted by Gasteiger charge is -2.31. The number of carbonyl (C=O) groups excluding carboxylic acids is 1. The van der Waals surface area contributed by atoms with Crippen molar-refractivity contribution >= 4 is 17.7 Å². The molecule has 0 aromatic carbocycles. The summed E-state index contributed by atoms with van der Waals surface area (Å²) in [6.45, 7) is 5.39. The molecule has 2 unspecified atom stereocenters. The highest BCUT2D eigenvalue weighted by molar-refractivity contribution is 8.00. The van der Waals surface area contributed by atoms with E-state index < -0.39 is 0 Å². The van der Waals surface area contributed by atoms with E-state index in [0.29, 0.717) is 5.91 Å². The van der Waals surface area contributed by atoms with Crippen LogP contribution < -0.4 is 5.32 Å². The van der Waals surface area contributed by atoms with Gasteiger partial charge in [-0.15, -0.1) is 0 Å². The first-order chi connectivity index (χ1) is 8.55. The fourth-order valence-corrected chi connectivity index (χ4v) is 5.16. The Morgan fingerprint density at radius 1 is 1.33 bits per heavy atom. The van der Waals surface area contributed by atoms with Crippen molar-refractivity contribution in [3.63, 3.8) is 0 Å². The third-order valence-corrected chi connectivity index (χ3v) is 6.41. The standard InChI is InChI=1S/C14H24N2OS/c1-11-15-14(7-3-4-8-14)12(17)16(11)10-13(2)6-5-9-18-13/h11,15H,3-10H2,1-2H3. The summed E-state index contributed by atoms with van der Waals surface area (Å²) in [5.41, 5.74) is -0.195. The Morgan fingerprint density at radius 2 is 2.06 bits per heavy atom. The monoisotopic (exact) mass is 268 g/mol. The summed E-state index contributed by atoms with van der Waals surface area (Å²) < 4.78 is 0.287. The van der Waals surface area contributed by atoms with Crippen molar-refractivity contribution in [1.82, 2.24) is 10.2 Å². The van der Waals surface area contributed by atoms with Crippen LogP contribution in [0, 0.1) is 0 Å². The van der Waals surface area contributed by atoms with Crippen molar-refractivity contribution in [1.29, 1.82) is 0 Å². The first kappa shape index (κ1) is 12.8. The second-order valence-electron chi connectivity index (χ2n) is 6.44. The maximum atomic E-state index is 12.7. The predicted molar refractivity (Wildman–Crippen MR) is 75.6 cm³/mol. The van der Waals surface area contributed by atoms with Gasteiger partial charge in [-0.2, -0.15) is 11.8 Å². The number of carbonyl (C=O) groups is 1. The van der Waals surface area contributed by atoms with Crippen molar-refractivity contribution in [2.24, 2.45) is 0 Å². The van der Waals surface area contributed by atoms with Gasteiger partial charge in [-0.3, -0.25) is 10.1 Å². The molecule has 0 aromatic rings. The Balaban J connectivity index is 1.74. The lowest BCUT2D eigenvalue weighted by atomic mass is 9.97. The number of rotatable bonds is 2. The molecule has 3 fully saturated rings. The highest BCUT2D eigenvalue weighted by Crippen LogP contribution is 2.42. The van der Waals surface area contributed by atoms with Crippen LogP contribution in [0.1, 0.15) is 52.4 Å². The molecule has 0 radical (unpaired) electrons. The van der Waals surface area contributed by atoms with E-state index in [1.807, 2.05) is 11.8 Å². The van der Waals surface area contributed by atoms with E-state index >= 15 is 0 Å². The van der Waals surface area contributed by atoms with Crippen LogP contribution in [0.5, 0.6) is 0 Å². The molecule has 4 heteroatoms. The van der Waals surface area contributed by atoms with Crippen LogP contribution >= 0.6 is 11.8 Å². The molecular weight excluding hydrogens is 244 g/mol. The number of thioether (sulfide) groups is 1. The quantitative estimate of drug-likeness (QED) is 0.834. The van der Waals surface area contributed by atoms with Gasteiger partial charge in [0.05, 0.1) is 11.7 Å². The van der Waals surface area contributed by atoms with Gasteiger partial charge in [0.1, 0.15) is 0 Å². The molecule has 1 aliphatic carbocycles. The maximum Gasteiger partial charge on any atom is 0.244 e. The van der Waals surface area contributed by atoms with Crippen LogP contribution in [0.2, 0.25) is 0 Å². The van der Waals surface area contributed by atoms with Gasteiger partial charge in [0.2, 0.25) is 5.91 Å². The number of amides is 1. The average Bonchev–Trinajstić information content (AvgIpc) is 3.00. The minimum absolute atomic E-state index is 0.195. The molecule has 2 heterocycles. The zero-order valence-electron chi connectivity index (χ0n) is 11.5. The summed E-state index contributed by atoms with van der Waals surface area (Å²) in [6, 6.07) is 0. The van der Waals surface area contributed by atoms with E-state index in [9.17, 15) is 4.79 Å². The van der Waals surface area contributed by atoms with Gasteiger partial charge in [-0.05, 0) is 45.3 Å². The highest BCUT2D eigenvalue weighted by atomic mass is 32.2. The third kappa shape index (κ3) is 1.97. The van der Waals surface area contributed by atoms with E-state index in [2.05, 4.69) is 24.1 Å². The molecule has 2 saturated heterocycles. The molecule has 3 nitrogen and oxygen atoms in total. The van der Waals surface area contributed by atoms with E-state index in [0.717, 1.165) is 19.4 Å². The largest absolute Gasteiger partial charge is 0.324 e. The molecule has 2 atom stereocenters. The number of nitrogens with one attached hydrogen (secondary N) is 1. The molecule has 1 N–H and O–H groups in total. The normalized spacial score (nSPS) is 39.1. The van der Waals surface area contributed by atoms with Crippen LogP contribution in [0.3, 0.4) is 0 Å². The summed E-state index contributed by atoms with van der Waals surface area (Å²) in [4.78, 5) is 14.8. The average molecular weight is 268 g/mol. The maximum absolute atomic E-state index is 12.7. The van der Waals surface area contributed by atoms with Gasteiger partial charge in [0.15, 0.2) is 0 Å². The van der Waals surface area contributed by atoms with Gasteiger partial charge in [0, 0.05) is 11.3 Å². The summed E-state index contributed by atoms with van der Waals surface area (Å²) in [5.74, 6) is 1.63. The topological polar surface area (TPSA) is 32.3 Å². The zero-order chi connectivity index (χ0) is 12.8. The fraction of sp³-hybridized carbons (Fsp3) is 0.929. The zero-order valence-corrected chi connectivity index (χ0v) is 12.3. The van der Waals surface area contributed by atoms with Crippen molar-refractivity contribution in [2.45, 2.75) is 68.8 Å². The fourth-order valence-electron chi connectivity index (χ4n) is 3.86. The van der Waals surface area contributed by atoms with Crippen LogP contribution in [0.4, 0.5) is 0 Å². The first-order valence-corrected chi connectivity index (χ1v) is 8.26. The first-order valence-electron chi connectivity index (χ1n) is 7.28. The number of hydrogen-bond acceptors (Lipinski definition) is 3. The molecule has 102 valence electrons. The molecule has 0 aromatic heterocycles. The van der Waals surface area contributed by atoms with Crippen molar-refractivity contribution < 1.29 is 4.79 Å². The predicted octanol–water partition coefficient (Wildman–Crippen LogP) is 2.36. The second-order valence-corrected chi connectivity index (χ2v) is 8.13. The van der Waals surface area contributed by atoms with Gasteiger partial charge < -0.3 is 4.90 Å². The molecule has 1 amide bonds. The minimum atomic E-state index is -0.195. The Morgan fingerprint density at radius 3 is 2.67 bits per heavy atom. The van der Waals surface area contributed by atoms with Crippen molar-refractivity contribution in [3.05, 3.63) is 0 Å². The molecule has 1 spiro atoms. The molecule has 0 bridgehead atoms. The molecule has 3 aliphatic rings. The Bertz CT molecular complexity index is 346. The second kappa shape index (κ2) is 4.41. The van der Waals surface area contributed by atoms with Crippen molar-refractivity contribution in [2.75, 3.05) is 12.3 Å². The molecule has 1 saturated carbocycles. The number of nitrogens with zero attached hydrogens (tertiary/aromatic N) is 1. The summed E-state index contributed by atoms with van der Waals surface area (Å²) in [7, 11) is 0. The summed E-state index contributed by atoms with van der Waals surface area (Å²) in [6.07, 6.45) is 7.25. The van der Waals surface area contributed by atoms with Crippen LogP contribution in [0.15, 0.2) is 0 Å². The Hall–Kier alpha value is -0.220. The Kier molecular flexibility index (Phi) is 3.14. The van der Waals surface area contributed by atoms with Crippen LogP contribution in [-0.4, -0.2) is 39.6 Å². The van der Waals surface area contributed by atoms with Gasteiger partial charge in [-0.1, -0.05) is 12.8 Å². The Labute approximate surface area is 114 Å². The highest BCUT2D eigenvalue weighted by Gasteiger charge is 2.52. The SMILES string of the molecule is CC1NC2(CCCC2)C(=O)N1CC1(C)CCCS1. The lowest BCUT2D eigenvalue weighted by molar-refractivity contribution is -0.133. The smallest absolute Gasteiger partial charge is 0.244 e. The third-order valence-electron chi connectivity index (χ3n) is 4.89. The van der Waals surface area contributed by atoms with Gasteiger partial charge in [-0.25, -0.2) is 0 Å². The van der Waals surface area contributed by atoms with Crippen LogP contribution in [0.25, 0.3) is 0 Å².